The molecule has 0 atom stereocenters. The molecule has 0 spiro atoms. The second kappa shape index (κ2) is 6.04. The van der Waals surface area contributed by atoms with Gasteiger partial charge in [0.15, 0.2) is 0 Å². The summed E-state index contributed by atoms with van der Waals surface area (Å²) in [7, 11) is 1.79. The van der Waals surface area contributed by atoms with Gasteiger partial charge in [-0.3, -0.25) is 0 Å². The molecule has 0 fully saturated rings. The Kier molecular flexibility index (Phi) is 4.09. The molecule has 0 saturated carbocycles. The molecule has 0 aliphatic carbocycles. The molecule has 0 radical (unpaired) electrons. The molecule has 6 heteroatoms. The highest BCUT2D eigenvalue weighted by molar-refractivity contribution is 5.77. The number of hydrogen-bond donors (Lipinski definition) is 1. The summed E-state index contributed by atoms with van der Waals surface area (Å²) in [5, 5.41) is 3.01. The molecule has 0 bridgehead atoms. The van der Waals surface area contributed by atoms with Gasteiger partial charge >= 0.3 is 6.18 Å². The van der Waals surface area contributed by atoms with Crippen LogP contribution in [0.1, 0.15) is 17.0 Å². The molecule has 1 aromatic heterocycles. The third-order valence-electron chi connectivity index (χ3n) is 3.67. The van der Waals surface area contributed by atoms with E-state index in [0.717, 1.165) is 17.7 Å². The first-order chi connectivity index (χ1) is 11.0. The highest BCUT2D eigenvalue weighted by Gasteiger charge is 2.31. The van der Waals surface area contributed by atoms with E-state index < -0.39 is 11.7 Å². The zero-order chi connectivity index (χ0) is 16.4. The average Bonchev–Trinajstić information content (AvgIpc) is 2.85. The summed E-state index contributed by atoms with van der Waals surface area (Å²) in [6.45, 7) is 1.06. The zero-order valence-electron chi connectivity index (χ0n) is 12.6. The Hall–Kier alpha value is -2.34. The lowest BCUT2D eigenvalue weighted by Gasteiger charge is -2.10. The third kappa shape index (κ3) is 3.22. The summed E-state index contributed by atoms with van der Waals surface area (Å²) in [6.07, 6.45) is -4.36. The fourth-order valence-electron chi connectivity index (χ4n) is 2.59. The van der Waals surface area contributed by atoms with Gasteiger partial charge in [0.1, 0.15) is 5.82 Å². The molecule has 120 valence electrons. The quantitative estimate of drug-likeness (QED) is 0.792. The summed E-state index contributed by atoms with van der Waals surface area (Å²) >= 11 is 0. The van der Waals surface area contributed by atoms with Gasteiger partial charge in [-0.05, 0) is 30.8 Å². The smallest absolute Gasteiger partial charge is 0.322 e. The van der Waals surface area contributed by atoms with Gasteiger partial charge in [-0.15, -0.1) is 0 Å². The summed E-state index contributed by atoms with van der Waals surface area (Å²) in [4.78, 5) is 4.37. The first-order valence-electron chi connectivity index (χ1n) is 7.24. The Labute approximate surface area is 131 Å². The summed E-state index contributed by atoms with van der Waals surface area (Å²) in [6, 6.07) is 13.5. The van der Waals surface area contributed by atoms with Gasteiger partial charge in [0.2, 0.25) is 0 Å². The first kappa shape index (κ1) is 15.6. The van der Waals surface area contributed by atoms with Crippen LogP contribution in [0.25, 0.3) is 11.0 Å². The van der Waals surface area contributed by atoms with Crippen LogP contribution in [0.3, 0.4) is 0 Å². The van der Waals surface area contributed by atoms with E-state index in [0.29, 0.717) is 29.9 Å². The number of nitrogens with one attached hydrogen (secondary N) is 1. The Balaban J connectivity index is 2.09. The van der Waals surface area contributed by atoms with Crippen LogP contribution in [-0.4, -0.2) is 16.6 Å². The van der Waals surface area contributed by atoms with E-state index in [1.807, 2.05) is 34.9 Å². The van der Waals surface area contributed by atoms with Crippen LogP contribution in [0, 0.1) is 0 Å². The molecule has 0 aliphatic rings. The van der Waals surface area contributed by atoms with Crippen molar-refractivity contribution < 1.29 is 13.2 Å². The van der Waals surface area contributed by atoms with Crippen LogP contribution in [0.2, 0.25) is 0 Å². The molecule has 3 nitrogen and oxygen atoms in total. The molecule has 3 rings (SSSR count). The molecule has 3 aromatic rings. The zero-order valence-corrected chi connectivity index (χ0v) is 12.6. The lowest BCUT2D eigenvalue weighted by atomic mass is 10.2. The number of nitrogens with zero attached hydrogens (tertiary/aromatic N) is 2. The van der Waals surface area contributed by atoms with Crippen LogP contribution >= 0.6 is 0 Å². The first-order valence-corrected chi connectivity index (χ1v) is 7.24. The highest BCUT2D eigenvalue weighted by atomic mass is 19.4. The molecule has 2 aromatic carbocycles. The molecular weight excluding hydrogens is 303 g/mol. The summed E-state index contributed by atoms with van der Waals surface area (Å²) in [5.74, 6) is 0.714. The van der Waals surface area contributed by atoms with Crippen molar-refractivity contribution in [1.29, 1.82) is 0 Å². The van der Waals surface area contributed by atoms with E-state index in [1.54, 1.807) is 7.05 Å². The number of rotatable bonds is 4. The number of fused-ring (bicyclic) bond motifs is 1. The third-order valence-corrected chi connectivity index (χ3v) is 3.67. The van der Waals surface area contributed by atoms with Gasteiger partial charge in [-0.25, -0.2) is 4.98 Å². The van der Waals surface area contributed by atoms with Crippen LogP contribution < -0.4 is 5.32 Å². The lowest BCUT2D eigenvalue weighted by Crippen LogP contribution is -2.13. The van der Waals surface area contributed by atoms with Gasteiger partial charge in [0.05, 0.1) is 23.1 Å². The van der Waals surface area contributed by atoms with E-state index in [1.165, 1.54) is 6.07 Å². The SMILES string of the molecule is CNCc1nc2cc(C(F)(F)F)ccc2n1Cc1ccccc1. The Morgan fingerprint density at radius 1 is 1.09 bits per heavy atom. The minimum Gasteiger partial charge on any atom is -0.322 e. The Bertz CT molecular complexity index is 807. The number of benzene rings is 2. The minimum atomic E-state index is -4.36. The van der Waals surface area contributed by atoms with Crippen molar-refractivity contribution in [3.8, 4) is 0 Å². The van der Waals surface area contributed by atoms with Crippen LogP contribution in [0.5, 0.6) is 0 Å². The maximum absolute atomic E-state index is 12.9. The van der Waals surface area contributed by atoms with Gasteiger partial charge < -0.3 is 9.88 Å². The fourth-order valence-corrected chi connectivity index (χ4v) is 2.59. The second-order valence-corrected chi connectivity index (χ2v) is 5.33. The Morgan fingerprint density at radius 3 is 2.48 bits per heavy atom. The highest BCUT2D eigenvalue weighted by Crippen LogP contribution is 2.31. The van der Waals surface area contributed by atoms with Gasteiger partial charge in [0, 0.05) is 6.54 Å². The summed E-state index contributed by atoms with van der Waals surface area (Å²) < 4.78 is 40.6. The summed E-state index contributed by atoms with van der Waals surface area (Å²) in [5.41, 5.74) is 1.46. The minimum absolute atomic E-state index is 0.362. The van der Waals surface area contributed by atoms with Crippen LogP contribution in [-0.2, 0) is 19.3 Å². The molecule has 0 unspecified atom stereocenters. The largest absolute Gasteiger partial charge is 0.416 e. The topological polar surface area (TPSA) is 29.9 Å². The van der Waals surface area contributed by atoms with Crippen LogP contribution in [0.15, 0.2) is 48.5 Å². The molecule has 0 amide bonds. The van der Waals surface area contributed by atoms with Crippen molar-refractivity contribution in [3.63, 3.8) is 0 Å². The standard InChI is InChI=1S/C17H16F3N3/c1-21-10-16-22-14-9-13(17(18,19)20)7-8-15(14)23(16)11-12-5-3-2-4-6-12/h2-9,21H,10-11H2,1H3. The number of halogens is 3. The van der Waals surface area contributed by atoms with Crippen molar-refractivity contribution in [2.45, 2.75) is 19.3 Å². The van der Waals surface area contributed by atoms with Gasteiger partial charge in [-0.1, -0.05) is 30.3 Å². The fraction of sp³-hybridized carbons (Fsp3) is 0.235. The lowest BCUT2D eigenvalue weighted by molar-refractivity contribution is -0.137. The number of imidazole rings is 1. The number of alkyl halides is 3. The normalized spacial score (nSPS) is 12.0. The van der Waals surface area contributed by atoms with Crippen molar-refractivity contribution >= 4 is 11.0 Å². The van der Waals surface area contributed by atoms with E-state index in [9.17, 15) is 13.2 Å². The molecular formula is C17H16F3N3. The molecule has 23 heavy (non-hydrogen) atoms. The van der Waals surface area contributed by atoms with E-state index in [2.05, 4.69) is 10.3 Å². The van der Waals surface area contributed by atoms with E-state index >= 15 is 0 Å². The van der Waals surface area contributed by atoms with Crippen molar-refractivity contribution in [2.24, 2.45) is 0 Å². The monoisotopic (exact) mass is 319 g/mol. The van der Waals surface area contributed by atoms with Crippen molar-refractivity contribution in [2.75, 3.05) is 7.05 Å². The van der Waals surface area contributed by atoms with E-state index in [-0.39, 0.29) is 0 Å². The van der Waals surface area contributed by atoms with E-state index in [4.69, 9.17) is 0 Å². The molecule has 0 aliphatic heterocycles. The average molecular weight is 319 g/mol. The molecule has 1 N–H and O–H groups in total. The maximum atomic E-state index is 12.9. The Morgan fingerprint density at radius 2 is 1.83 bits per heavy atom. The number of hydrogen-bond acceptors (Lipinski definition) is 2. The predicted octanol–water partition coefficient (Wildman–Crippen LogP) is 3.82. The van der Waals surface area contributed by atoms with Crippen molar-refractivity contribution in [3.05, 3.63) is 65.5 Å². The maximum Gasteiger partial charge on any atom is 0.416 e. The van der Waals surface area contributed by atoms with Crippen LogP contribution in [0.4, 0.5) is 13.2 Å². The van der Waals surface area contributed by atoms with Gasteiger partial charge in [-0.2, -0.15) is 13.2 Å². The number of aromatic nitrogens is 2. The predicted molar refractivity (Wildman–Crippen MR) is 83.0 cm³/mol. The van der Waals surface area contributed by atoms with Crippen molar-refractivity contribution in [1.82, 2.24) is 14.9 Å². The second-order valence-electron chi connectivity index (χ2n) is 5.33. The molecule has 1 heterocycles. The van der Waals surface area contributed by atoms with Gasteiger partial charge in [0.25, 0.3) is 0 Å². The molecule has 0 saturated heterocycles.